The van der Waals surface area contributed by atoms with Crippen molar-refractivity contribution in [2.45, 2.75) is 77.5 Å². The highest BCUT2D eigenvalue weighted by Gasteiger charge is 2.31. The molecule has 35 heavy (non-hydrogen) atoms. The summed E-state index contributed by atoms with van der Waals surface area (Å²) in [7, 11) is 0. The highest BCUT2D eigenvalue weighted by atomic mass is 32.2. The maximum Gasteiger partial charge on any atom is 0.326 e. The Hall–Kier alpha value is -2.54. The number of amides is 3. The highest BCUT2D eigenvalue weighted by Crippen LogP contribution is 2.09. The van der Waals surface area contributed by atoms with E-state index in [1.54, 1.807) is 13.8 Å². The molecule has 0 bridgehead atoms. The second kappa shape index (κ2) is 17.0. The van der Waals surface area contributed by atoms with Crippen LogP contribution in [0.25, 0.3) is 0 Å². The van der Waals surface area contributed by atoms with Crippen LogP contribution in [0.3, 0.4) is 0 Å². The summed E-state index contributed by atoms with van der Waals surface area (Å²) >= 11 is 1.46. The summed E-state index contributed by atoms with van der Waals surface area (Å²) in [4.78, 5) is 54.0. The van der Waals surface area contributed by atoms with Gasteiger partial charge in [0, 0.05) is 6.54 Å². The lowest BCUT2D eigenvalue weighted by Crippen LogP contribution is -2.58. The summed E-state index contributed by atoms with van der Waals surface area (Å²) in [5, 5.41) is 17.3. The molecule has 0 aliphatic heterocycles. The SMILES string of the molecule is CSCCC(NC(=O)C(CCCN=C(N)N)NC(=O)C(NC(=O)C(N)CC(C)C)C(C)C)C(=O)O. The molecule has 12 nitrogen and oxygen atoms in total. The van der Waals surface area contributed by atoms with Crippen LogP contribution in [-0.4, -0.2) is 77.5 Å². The Bertz CT molecular complexity index is 729. The number of nitrogens with two attached hydrogens (primary N) is 3. The van der Waals surface area contributed by atoms with Gasteiger partial charge in [-0.05, 0) is 49.5 Å². The van der Waals surface area contributed by atoms with Crippen LogP contribution in [0.4, 0.5) is 0 Å². The lowest BCUT2D eigenvalue weighted by molar-refractivity contribution is -0.142. The van der Waals surface area contributed by atoms with Gasteiger partial charge >= 0.3 is 5.97 Å². The van der Waals surface area contributed by atoms with Crippen molar-refractivity contribution in [1.29, 1.82) is 0 Å². The Morgan fingerprint density at radius 2 is 1.51 bits per heavy atom. The van der Waals surface area contributed by atoms with Crippen LogP contribution in [0.2, 0.25) is 0 Å². The van der Waals surface area contributed by atoms with Gasteiger partial charge < -0.3 is 38.3 Å². The molecule has 3 amide bonds. The zero-order chi connectivity index (χ0) is 27.1. The Morgan fingerprint density at radius 3 is 2.00 bits per heavy atom. The smallest absolute Gasteiger partial charge is 0.326 e. The van der Waals surface area contributed by atoms with Crippen molar-refractivity contribution in [3.8, 4) is 0 Å². The predicted octanol–water partition coefficient (Wildman–Crippen LogP) is -0.638. The normalized spacial score (nSPS) is 14.5. The van der Waals surface area contributed by atoms with Crippen molar-refractivity contribution in [3.63, 3.8) is 0 Å². The van der Waals surface area contributed by atoms with E-state index in [9.17, 15) is 24.3 Å². The van der Waals surface area contributed by atoms with Gasteiger partial charge in [-0.3, -0.25) is 19.4 Å². The van der Waals surface area contributed by atoms with E-state index >= 15 is 0 Å². The molecule has 0 heterocycles. The van der Waals surface area contributed by atoms with Gasteiger partial charge in [0.25, 0.3) is 0 Å². The first kappa shape index (κ1) is 32.5. The van der Waals surface area contributed by atoms with Crippen LogP contribution in [0.5, 0.6) is 0 Å². The fourth-order valence-electron chi connectivity index (χ4n) is 3.21. The molecule has 0 aliphatic carbocycles. The standard InChI is InChI=1S/C22H43N7O5S/c1-12(2)11-14(23)18(30)29-17(13(3)4)20(32)27-15(7-6-9-26-22(24)25)19(31)28-16(21(33)34)8-10-35-5/h12-17H,6-11,23H2,1-5H3,(H,27,32)(H,28,31)(H,29,30)(H,33,34)(H4,24,25,26). The van der Waals surface area contributed by atoms with Gasteiger partial charge in [0.1, 0.15) is 18.1 Å². The Morgan fingerprint density at radius 1 is 0.914 bits per heavy atom. The summed E-state index contributed by atoms with van der Waals surface area (Å²) in [6.07, 6.45) is 3.04. The first-order valence-electron chi connectivity index (χ1n) is 11.7. The van der Waals surface area contributed by atoms with E-state index in [4.69, 9.17) is 17.2 Å². The molecule has 0 fully saturated rings. The molecular weight excluding hydrogens is 474 g/mol. The molecule has 0 spiro atoms. The fraction of sp³-hybridized carbons (Fsp3) is 0.773. The Kier molecular flexibility index (Phi) is 15.7. The molecule has 0 saturated carbocycles. The number of hydrogen-bond donors (Lipinski definition) is 7. The Labute approximate surface area is 212 Å². The van der Waals surface area contributed by atoms with E-state index in [2.05, 4.69) is 20.9 Å². The first-order chi connectivity index (χ1) is 16.3. The monoisotopic (exact) mass is 517 g/mol. The molecule has 0 aliphatic rings. The number of guanidine groups is 1. The number of rotatable bonds is 17. The van der Waals surface area contributed by atoms with Crippen LogP contribution in [-0.2, 0) is 19.2 Å². The van der Waals surface area contributed by atoms with Gasteiger partial charge in [0.15, 0.2) is 5.96 Å². The molecule has 0 rings (SSSR count). The van der Waals surface area contributed by atoms with Gasteiger partial charge in [-0.1, -0.05) is 27.7 Å². The molecule has 0 aromatic carbocycles. The number of nitrogens with one attached hydrogen (secondary N) is 3. The van der Waals surface area contributed by atoms with Crippen LogP contribution in [0, 0.1) is 11.8 Å². The minimum atomic E-state index is -1.16. The number of aliphatic carboxylic acids is 1. The van der Waals surface area contributed by atoms with Gasteiger partial charge in [0.05, 0.1) is 6.04 Å². The quantitative estimate of drug-likeness (QED) is 0.0740. The van der Waals surface area contributed by atoms with E-state index < -0.39 is 47.9 Å². The summed E-state index contributed by atoms with van der Waals surface area (Å²) in [5.74, 6) is -2.47. The minimum absolute atomic E-state index is 0.0987. The van der Waals surface area contributed by atoms with Crippen LogP contribution >= 0.6 is 11.8 Å². The van der Waals surface area contributed by atoms with Crippen LogP contribution in [0.1, 0.15) is 53.4 Å². The highest BCUT2D eigenvalue weighted by molar-refractivity contribution is 7.98. The molecule has 0 saturated heterocycles. The Balaban J connectivity index is 5.52. The van der Waals surface area contributed by atoms with Crippen molar-refractivity contribution < 1.29 is 24.3 Å². The molecule has 4 atom stereocenters. The second-order valence-electron chi connectivity index (χ2n) is 9.16. The molecule has 10 N–H and O–H groups in total. The van der Waals surface area contributed by atoms with Crippen molar-refractivity contribution in [2.24, 2.45) is 34.0 Å². The summed E-state index contributed by atoms with van der Waals surface area (Å²) in [6, 6.07) is -3.84. The number of carbonyl (C=O) groups excluding carboxylic acids is 3. The van der Waals surface area contributed by atoms with Crippen molar-refractivity contribution >= 4 is 41.4 Å². The summed E-state index contributed by atoms with van der Waals surface area (Å²) < 4.78 is 0. The molecule has 0 radical (unpaired) electrons. The number of carboxylic acid groups (broad SMARTS) is 1. The molecule has 4 unspecified atom stereocenters. The van der Waals surface area contributed by atoms with Crippen LogP contribution in [0.15, 0.2) is 4.99 Å². The van der Waals surface area contributed by atoms with Crippen molar-refractivity contribution in [2.75, 3.05) is 18.6 Å². The molecular formula is C22H43N7O5S. The van der Waals surface area contributed by atoms with E-state index in [1.165, 1.54) is 11.8 Å². The predicted molar refractivity (Wildman–Crippen MR) is 139 cm³/mol. The second-order valence-corrected chi connectivity index (χ2v) is 10.1. The average Bonchev–Trinajstić information content (AvgIpc) is 2.75. The lowest BCUT2D eigenvalue weighted by Gasteiger charge is -2.27. The van der Waals surface area contributed by atoms with Gasteiger partial charge in [0.2, 0.25) is 17.7 Å². The maximum absolute atomic E-state index is 13.1. The number of hydrogen-bond acceptors (Lipinski definition) is 7. The number of carbonyl (C=O) groups is 4. The van der Waals surface area contributed by atoms with E-state index in [0.29, 0.717) is 18.6 Å². The van der Waals surface area contributed by atoms with Gasteiger partial charge in [-0.15, -0.1) is 0 Å². The van der Waals surface area contributed by atoms with E-state index in [0.717, 1.165) is 0 Å². The first-order valence-corrected chi connectivity index (χ1v) is 13.1. The number of nitrogens with zero attached hydrogens (tertiary/aromatic N) is 1. The van der Waals surface area contributed by atoms with E-state index in [-0.39, 0.29) is 37.2 Å². The third-order valence-electron chi connectivity index (χ3n) is 5.11. The van der Waals surface area contributed by atoms with Crippen molar-refractivity contribution in [1.82, 2.24) is 16.0 Å². The van der Waals surface area contributed by atoms with Crippen molar-refractivity contribution in [3.05, 3.63) is 0 Å². The fourth-order valence-corrected chi connectivity index (χ4v) is 3.68. The third kappa shape index (κ3) is 13.8. The number of thioether (sulfide) groups is 1. The average molecular weight is 518 g/mol. The number of carboxylic acids is 1. The minimum Gasteiger partial charge on any atom is -0.480 e. The zero-order valence-electron chi connectivity index (χ0n) is 21.4. The van der Waals surface area contributed by atoms with Gasteiger partial charge in [-0.25, -0.2) is 4.79 Å². The van der Waals surface area contributed by atoms with Gasteiger partial charge in [-0.2, -0.15) is 11.8 Å². The topological polar surface area (TPSA) is 215 Å². The molecule has 0 aromatic rings. The summed E-state index contributed by atoms with van der Waals surface area (Å²) in [5.41, 5.74) is 16.6. The molecule has 202 valence electrons. The summed E-state index contributed by atoms with van der Waals surface area (Å²) in [6.45, 7) is 7.62. The number of aliphatic imine (C=N–C) groups is 1. The largest absolute Gasteiger partial charge is 0.480 e. The maximum atomic E-state index is 13.1. The zero-order valence-corrected chi connectivity index (χ0v) is 22.2. The molecule has 0 aromatic heterocycles. The molecule has 13 heteroatoms. The third-order valence-corrected chi connectivity index (χ3v) is 5.76. The van der Waals surface area contributed by atoms with Crippen LogP contribution < -0.4 is 33.2 Å². The van der Waals surface area contributed by atoms with E-state index in [1.807, 2.05) is 20.1 Å². The lowest BCUT2D eigenvalue weighted by atomic mass is 9.99.